The highest BCUT2D eigenvalue weighted by molar-refractivity contribution is 7.99. The molecule has 0 aromatic carbocycles. The molecule has 1 aromatic rings. The maximum absolute atomic E-state index is 11.5. The second-order valence-corrected chi connectivity index (χ2v) is 4.57. The van der Waals surface area contributed by atoms with Crippen molar-refractivity contribution in [3.8, 4) is 0 Å². The van der Waals surface area contributed by atoms with Crippen molar-refractivity contribution in [1.82, 2.24) is 4.98 Å². The minimum atomic E-state index is 0.198. The first-order valence-electron chi connectivity index (χ1n) is 4.98. The fourth-order valence-corrected chi connectivity index (χ4v) is 2.15. The third-order valence-electron chi connectivity index (χ3n) is 2.23. The quantitative estimate of drug-likeness (QED) is 0.734. The monoisotopic (exact) mass is 211 g/mol. The van der Waals surface area contributed by atoms with Crippen molar-refractivity contribution in [3.05, 3.63) is 24.0 Å². The summed E-state index contributed by atoms with van der Waals surface area (Å²) in [5, 5.41) is 0. The summed E-state index contributed by atoms with van der Waals surface area (Å²) in [6, 6.07) is 3.68. The van der Waals surface area contributed by atoms with Crippen LogP contribution >= 0.6 is 11.8 Å². The summed E-state index contributed by atoms with van der Waals surface area (Å²) in [7, 11) is 0. The molecule has 0 aliphatic carbocycles. The molecule has 1 N–H and O–H groups in total. The molecule has 0 saturated carbocycles. The first-order chi connectivity index (χ1) is 6.74. The maximum atomic E-state index is 11.5. The molecule has 1 heterocycles. The van der Waals surface area contributed by atoms with Crippen molar-refractivity contribution in [2.45, 2.75) is 20.3 Å². The van der Waals surface area contributed by atoms with Gasteiger partial charge in [-0.15, -0.1) is 0 Å². The van der Waals surface area contributed by atoms with E-state index in [0.717, 1.165) is 11.4 Å². The van der Waals surface area contributed by atoms with E-state index in [9.17, 15) is 4.79 Å². The van der Waals surface area contributed by atoms with Crippen LogP contribution in [0.1, 0.15) is 30.8 Å². The van der Waals surface area contributed by atoms with Crippen molar-refractivity contribution in [2.75, 3.05) is 11.5 Å². The van der Waals surface area contributed by atoms with Crippen LogP contribution in [-0.2, 0) is 0 Å². The van der Waals surface area contributed by atoms with Gasteiger partial charge >= 0.3 is 0 Å². The summed E-state index contributed by atoms with van der Waals surface area (Å²) in [5.74, 6) is 2.56. The third kappa shape index (κ3) is 3.58. The number of carbonyl (C=O) groups excluding carboxylic acids is 1. The van der Waals surface area contributed by atoms with Gasteiger partial charge in [-0.1, -0.05) is 20.3 Å². The lowest BCUT2D eigenvalue weighted by Crippen LogP contribution is -2.05. The second kappa shape index (κ2) is 5.91. The summed E-state index contributed by atoms with van der Waals surface area (Å²) in [6.45, 7) is 4.39. The van der Waals surface area contributed by atoms with E-state index in [1.165, 1.54) is 6.42 Å². The van der Waals surface area contributed by atoms with Crippen molar-refractivity contribution in [1.29, 1.82) is 0 Å². The molecule has 1 unspecified atom stereocenters. The van der Waals surface area contributed by atoms with Crippen LogP contribution in [0.4, 0.5) is 0 Å². The Labute approximate surface area is 89.5 Å². The normalized spacial score (nSPS) is 12.7. The van der Waals surface area contributed by atoms with Crippen LogP contribution in [0, 0.1) is 5.92 Å². The number of aromatic nitrogens is 1. The van der Waals surface area contributed by atoms with Crippen LogP contribution in [0.2, 0.25) is 0 Å². The molecule has 14 heavy (non-hydrogen) atoms. The standard InChI is InChI=1S/C11H17NOS/c1-3-9(2)7-14-8-11(13)10-5-4-6-12-10/h4-6,9,12H,3,7-8H2,1-2H3. The summed E-state index contributed by atoms with van der Waals surface area (Å²) in [6.07, 6.45) is 2.97. The van der Waals surface area contributed by atoms with E-state index >= 15 is 0 Å². The highest BCUT2D eigenvalue weighted by Gasteiger charge is 2.07. The van der Waals surface area contributed by atoms with Gasteiger partial charge in [-0.3, -0.25) is 4.79 Å². The van der Waals surface area contributed by atoms with Crippen LogP contribution in [0.15, 0.2) is 18.3 Å². The molecule has 1 atom stereocenters. The highest BCUT2D eigenvalue weighted by atomic mass is 32.2. The van der Waals surface area contributed by atoms with E-state index in [1.54, 1.807) is 18.0 Å². The maximum Gasteiger partial charge on any atom is 0.188 e. The van der Waals surface area contributed by atoms with E-state index in [4.69, 9.17) is 0 Å². The average Bonchev–Trinajstić information content (AvgIpc) is 2.70. The van der Waals surface area contributed by atoms with Gasteiger partial charge in [0.1, 0.15) is 0 Å². The van der Waals surface area contributed by atoms with Crippen LogP contribution < -0.4 is 0 Å². The van der Waals surface area contributed by atoms with Gasteiger partial charge in [-0.2, -0.15) is 11.8 Å². The van der Waals surface area contributed by atoms with Gasteiger partial charge in [0.2, 0.25) is 0 Å². The van der Waals surface area contributed by atoms with Gasteiger partial charge in [0, 0.05) is 6.20 Å². The predicted octanol–water partition coefficient (Wildman–Crippen LogP) is 2.98. The molecular formula is C11H17NOS. The van der Waals surface area contributed by atoms with E-state index in [2.05, 4.69) is 18.8 Å². The zero-order chi connectivity index (χ0) is 10.4. The summed E-state index contributed by atoms with van der Waals surface area (Å²) < 4.78 is 0. The van der Waals surface area contributed by atoms with Crippen molar-refractivity contribution in [2.24, 2.45) is 5.92 Å². The van der Waals surface area contributed by atoms with Crippen molar-refractivity contribution < 1.29 is 4.79 Å². The van der Waals surface area contributed by atoms with Crippen molar-refractivity contribution in [3.63, 3.8) is 0 Å². The molecule has 0 fully saturated rings. The summed E-state index contributed by atoms with van der Waals surface area (Å²) in [4.78, 5) is 14.4. The van der Waals surface area contributed by atoms with Gasteiger partial charge in [0.25, 0.3) is 0 Å². The largest absolute Gasteiger partial charge is 0.359 e. The van der Waals surface area contributed by atoms with E-state index in [1.807, 2.05) is 12.1 Å². The zero-order valence-corrected chi connectivity index (χ0v) is 9.56. The molecule has 0 amide bonds. The molecule has 0 spiro atoms. The van der Waals surface area contributed by atoms with E-state index in [0.29, 0.717) is 11.7 Å². The van der Waals surface area contributed by atoms with Crippen molar-refractivity contribution >= 4 is 17.5 Å². The van der Waals surface area contributed by atoms with E-state index in [-0.39, 0.29) is 5.78 Å². The predicted molar refractivity (Wildman–Crippen MR) is 61.9 cm³/mol. The molecule has 0 aliphatic heterocycles. The van der Waals surface area contributed by atoms with Gasteiger partial charge in [-0.05, 0) is 23.8 Å². The second-order valence-electron chi connectivity index (χ2n) is 3.54. The minimum absolute atomic E-state index is 0.198. The smallest absolute Gasteiger partial charge is 0.188 e. The lowest BCUT2D eigenvalue weighted by Gasteiger charge is -2.06. The van der Waals surface area contributed by atoms with Gasteiger partial charge < -0.3 is 4.98 Å². The van der Waals surface area contributed by atoms with Gasteiger partial charge in [0.05, 0.1) is 11.4 Å². The Bertz CT molecular complexity index is 269. The third-order valence-corrected chi connectivity index (χ3v) is 3.50. The zero-order valence-electron chi connectivity index (χ0n) is 8.75. The molecule has 2 nitrogen and oxygen atoms in total. The fourth-order valence-electron chi connectivity index (χ4n) is 1.05. The Hall–Kier alpha value is -0.700. The van der Waals surface area contributed by atoms with Gasteiger partial charge in [-0.25, -0.2) is 0 Å². The molecular weight excluding hydrogens is 194 g/mol. The topological polar surface area (TPSA) is 32.9 Å². The number of aromatic amines is 1. The molecule has 0 bridgehead atoms. The SMILES string of the molecule is CCC(C)CSCC(=O)c1ccc[nH]1. The van der Waals surface area contributed by atoms with Crippen LogP contribution in [0.5, 0.6) is 0 Å². The minimum Gasteiger partial charge on any atom is -0.359 e. The number of rotatable bonds is 6. The van der Waals surface area contributed by atoms with Crippen LogP contribution in [-0.4, -0.2) is 22.3 Å². The number of nitrogens with one attached hydrogen (secondary N) is 1. The Morgan fingerprint density at radius 3 is 3.00 bits per heavy atom. The number of hydrogen-bond donors (Lipinski definition) is 1. The summed E-state index contributed by atoms with van der Waals surface area (Å²) >= 11 is 1.72. The number of ketones is 1. The first-order valence-corrected chi connectivity index (χ1v) is 6.13. The van der Waals surface area contributed by atoms with Crippen LogP contribution in [0.25, 0.3) is 0 Å². The Morgan fingerprint density at radius 2 is 2.43 bits per heavy atom. The molecule has 1 aromatic heterocycles. The number of H-pyrrole nitrogens is 1. The molecule has 0 saturated heterocycles. The lowest BCUT2D eigenvalue weighted by molar-refractivity contribution is 0.101. The average molecular weight is 211 g/mol. The van der Waals surface area contributed by atoms with Crippen LogP contribution in [0.3, 0.4) is 0 Å². The molecule has 0 radical (unpaired) electrons. The number of hydrogen-bond acceptors (Lipinski definition) is 2. The molecule has 3 heteroatoms. The Morgan fingerprint density at radius 1 is 1.64 bits per heavy atom. The highest BCUT2D eigenvalue weighted by Crippen LogP contribution is 2.12. The Balaban J connectivity index is 2.23. The summed E-state index contributed by atoms with van der Waals surface area (Å²) in [5.41, 5.74) is 0.724. The Kier molecular flexibility index (Phi) is 4.80. The molecule has 1 rings (SSSR count). The molecule has 0 aliphatic rings. The van der Waals surface area contributed by atoms with E-state index < -0.39 is 0 Å². The molecule has 78 valence electrons. The number of Topliss-reactive ketones (excluding diaryl/α,β-unsaturated/α-hetero) is 1. The fraction of sp³-hybridized carbons (Fsp3) is 0.545. The lowest BCUT2D eigenvalue weighted by atomic mass is 10.2. The number of carbonyl (C=O) groups is 1. The number of thioether (sulfide) groups is 1. The first kappa shape index (κ1) is 11.4. The van der Waals surface area contributed by atoms with Gasteiger partial charge in [0.15, 0.2) is 5.78 Å².